The van der Waals surface area contributed by atoms with E-state index < -0.39 is 32.1 Å². The van der Waals surface area contributed by atoms with Crippen molar-refractivity contribution in [1.29, 1.82) is 0 Å². The zero-order valence-corrected chi connectivity index (χ0v) is 17.2. The lowest BCUT2D eigenvalue weighted by Crippen LogP contribution is -2.43. The molecule has 3 N–H and O–H groups in total. The molecule has 28 heavy (non-hydrogen) atoms. The van der Waals surface area contributed by atoms with E-state index in [0.717, 1.165) is 0 Å². The maximum Gasteiger partial charge on any atom is 0.269 e. The molecule has 0 saturated heterocycles. The van der Waals surface area contributed by atoms with E-state index >= 15 is 0 Å². The van der Waals surface area contributed by atoms with Crippen LogP contribution in [0.5, 0.6) is 0 Å². The minimum atomic E-state index is -3.98. The second-order valence-corrected chi connectivity index (χ2v) is 9.71. The van der Waals surface area contributed by atoms with Crippen LogP contribution in [0.4, 0.5) is 5.69 Å². The largest absolute Gasteiger partial charge is 0.278 e. The predicted octanol–water partition coefficient (Wildman–Crippen LogP) is 3.10. The highest BCUT2D eigenvalue weighted by molar-refractivity contribution is 7.92. The van der Waals surface area contributed by atoms with Gasteiger partial charge in [-0.3, -0.25) is 25.2 Å². The van der Waals surface area contributed by atoms with Gasteiger partial charge in [0.05, 0.1) is 21.5 Å². The number of amides is 2. The first-order chi connectivity index (χ1) is 13.1. The lowest BCUT2D eigenvalue weighted by Gasteiger charge is -2.11. The summed E-state index contributed by atoms with van der Waals surface area (Å²) in [5.41, 5.74) is 4.66. The number of alkyl halides is 2. The molecular formula is C17H14Cl3N3O4S. The van der Waals surface area contributed by atoms with E-state index in [9.17, 15) is 18.0 Å². The Labute approximate surface area is 176 Å². The second kappa shape index (κ2) is 7.79. The molecule has 1 saturated carbocycles. The Balaban J connectivity index is 1.70. The van der Waals surface area contributed by atoms with Crippen molar-refractivity contribution in [2.45, 2.75) is 15.6 Å². The average molecular weight is 463 g/mol. The van der Waals surface area contributed by atoms with E-state index in [2.05, 4.69) is 15.6 Å². The number of rotatable bonds is 5. The normalized spacial score (nSPS) is 17.5. The minimum Gasteiger partial charge on any atom is -0.278 e. The van der Waals surface area contributed by atoms with Gasteiger partial charge in [-0.2, -0.15) is 0 Å². The Morgan fingerprint density at radius 2 is 1.71 bits per heavy atom. The van der Waals surface area contributed by atoms with Gasteiger partial charge in [-0.15, -0.1) is 23.2 Å². The van der Waals surface area contributed by atoms with Gasteiger partial charge in [-0.25, -0.2) is 8.42 Å². The third-order valence-electron chi connectivity index (χ3n) is 3.97. The number of halogens is 3. The Morgan fingerprint density at radius 1 is 1.04 bits per heavy atom. The number of hydrazine groups is 1. The molecule has 1 aliphatic carbocycles. The SMILES string of the molecule is O=C(NNC(=O)C1CC1(Cl)Cl)c1cccc(S(=O)(=O)Nc2ccccc2Cl)c1. The molecule has 2 aromatic rings. The van der Waals surface area contributed by atoms with E-state index in [1.165, 1.54) is 30.3 Å². The summed E-state index contributed by atoms with van der Waals surface area (Å²) in [6.07, 6.45) is 0.291. The van der Waals surface area contributed by atoms with E-state index in [1.807, 2.05) is 0 Å². The van der Waals surface area contributed by atoms with Gasteiger partial charge in [-0.1, -0.05) is 29.8 Å². The van der Waals surface area contributed by atoms with Crippen LogP contribution >= 0.6 is 34.8 Å². The van der Waals surface area contributed by atoms with Crippen molar-refractivity contribution in [3.05, 3.63) is 59.1 Å². The van der Waals surface area contributed by atoms with E-state index in [4.69, 9.17) is 34.8 Å². The van der Waals surface area contributed by atoms with E-state index in [-0.39, 0.29) is 21.2 Å². The van der Waals surface area contributed by atoms with Crippen molar-refractivity contribution in [3.63, 3.8) is 0 Å². The summed E-state index contributed by atoms with van der Waals surface area (Å²) in [6, 6.07) is 11.7. The summed E-state index contributed by atoms with van der Waals surface area (Å²) >= 11 is 17.6. The van der Waals surface area contributed by atoms with Crippen LogP contribution in [0.3, 0.4) is 0 Å². The zero-order valence-electron chi connectivity index (χ0n) is 14.1. The molecule has 7 nitrogen and oxygen atoms in total. The first kappa shape index (κ1) is 20.7. The van der Waals surface area contributed by atoms with Crippen molar-refractivity contribution in [1.82, 2.24) is 10.9 Å². The van der Waals surface area contributed by atoms with Gasteiger partial charge in [0.2, 0.25) is 5.91 Å². The Hall–Kier alpha value is -2.00. The van der Waals surface area contributed by atoms with Gasteiger partial charge in [0.25, 0.3) is 15.9 Å². The summed E-state index contributed by atoms with van der Waals surface area (Å²) in [5, 5.41) is 0.234. The average Bonchev–Trinajstić information content (AvgIpc) is 3.30. The molecule has 0 spiro atoms. The second-order valence-electron chi connectivity index (χ2n) is 6.07. The van der Waals surface area contributed by atoms with Crippen molar-refractivity contribution >= 4 is 62.3 Å². The number of para-hydroxylation sites is 1. The number of carbonyl (C=O) groups excluding carboxylic acids is 2. The minimum absolute atomic E-state index is 0.0288. The number of benzene rings is 2. The van der Waals surface area contributed by atoms with Gasteiger partial charge in [0.15, 0.2) is 0 Å². The molecule has 0 radical (unpaired) electrons. The highest BCUT2D eigenvalue weighted by Crippen LogP contribution is 2.53. The molecule has 11 heteroatoms. The van der Waals surface area contributed by atoms with Gasteiger partial charge in [0, 0.05) is 5.56 Å². The van der Waals surface area contributed by atoms with Gasteiger partial charge in [-0.05, 0) is 36.8 Å². The van der Waals surface area contributed by atoms with Gasteiger partial charge < -0.3 is 0 Å². The lowest BCUT2D eigenvalue weighted by atomic mass is 10.2. The molecule has 1 atom stereocenters. The monoisotopic (exact) mass is 461 g/mol. The van der Waals surface area contributed by atoms with Crippen LogP contribution in [0, 0.1) is 5.92 Å². The van der Waals surface area contributed by atoms with Crippen molar-refractivity contribution in [2.24, 2.45) is 5.92 Å². The topological polar surface area (TPSA) is 104 Å². The number of anilines is 1. The Bertz CT molecular complexity index is 1040. The van der Waals surface area contributed by atoms with Crippen LogP contribution < -0.4 is 15.6 Å². The molecule has 0 aromatic heterocycles. The fraction of sp³-hybridized carbons (Fsp3) is 0.176. The number of sulfonamides is 1. The molecule has 0 bridgehead atoms. The summed E-state index contributed by atoms with van der Waals surface area (Å²) in [4.78, 5) is 23.9. The molecule has 148 valence electrons. The molecular weight excluding hydrogens is 449 g/mol. The highest BCUT2D eigenvalue weighted by Gasteiger charge is 2.56. The third-order valence-corrected chi connectivity index (χ3v) is 6.49. The molecule has 0 aliphatic heterocycles. The fourth-order valence-corrected chi connectivity index (χ4v) is 4.20. The number of nitrogens with one attached hydrogen (secondary N) is 3. The maximum absolute atomic E-state index is 12.6. The van der Waals surface area contributed by atoms with Crippen LogP contribution in [0.15, 0.2) is 53.4 Å². The van der Waals surface area contributed by atoms with Crippen LogP contribution in [-0.4, -0.2) is 24.6 Å². The van der Waals surface area contributed by atoms with Crippen molar-refractivity contribution in [3.8, 4) is 0 Å². The van der Waals surface area contributed by atoms with Crippen LogP contribution in [0.25, 0.3) is 0 Å². The number of hydrogen-bond donors (Lipinski definition) is 3. The van der Waals surface area contributed by atoms with Crippen molar-refractivity contribution in [2.75, 3.05) is 4.72 Å². The summed E-state index contributed by atoms with van der Waals surface area (Å²) in [5.74, 6) is -1.83. The Morgan fingerprint density at radius 3 is 2.36 bits per heavy atom. The summed E-state index contributed by atoms with van der Waals surface area (Å²) in [6.45, 7) is 0. The van der Waals surface area contributed by atoms with Crippen LogP contribution in [0.2, 0.25) is 5.02 Å². The van der Waals surface area contributed by atoms with E-state index in [0.29, 0.717) is 6.42 Å². The molecule has 3 rings (SSSR count). The van der Waals surface area contributed by atoms with E-state index in [1.54, 1.807) is 18.2 Å². The molecule has 0 heterocycles. The number of carbonyl (C=O) groups is 2. The standard InChI is InChI=1S/C17H14Cl3N3O4S/c18-13-6-1-2-7-14(13)23-28(26,27)11-5-3-4-10(8-11)15(24)21-22-16(25)12-9-17(12,19)20/h1-8,12,23H,9H2,(H,21,24)(H,22,25). The summed E-state index contributed by atoms with van der Waals surface area (Å²) < 4.78 is 26.4. The third kappa shape index (κ3) is 4.70. The highest BCUT2D eigenvalue weighted by atomic mass is 35.5. The summed E-state index contributed by atoms with van der Waals surface area (Å²) in [7, 11) is -3.98. The van der Waals surface area contributed by atoms with Gasteiger partial charge >= 0.3 is 0 Å². The van der Waals surface area contributed by atoms with Crippen LogP contribution in [-0.2, 0) is 14.8 Å². The fourth-order valence-electron chi connectivity index (χ4n) is 2.33. The molecule has 2 aromatic carbocycles. The molecule has 1 unspecified atom stereocenters. The van der Waals surface area contributed by atoms with Crippen LogP contribution in [0.1, 0.15) is 16.8 Å². The smallest absolute Gasteiger partial charge is 0.269 e. The first-order valence-corrected chi connectivity index (χ1v) is 10.6. The quantitative estimate of drug-likeness (QED) is 0.469. The lowest BCUT2D eigenvalue weighted by molar-refractivity contribution is -0.123. The zero-order chi connectivity index (χ0) is 20.5. The molecule has 1 aliphatic rings. The first-order valence-electron chi connectivity index (χ1n) is 7.95. The van der Waals surface area contributed by atoms with Gasteiger partial charge in [0.1, 0.15) is 4.33 Å². The number of hydrogen-bond acceptors (Lipinski definition) is 4. The molecule has 2 amide bonds. The van der Waals surface area contributed by atoms with Crippen molar-refractivity contribution < 1.29 is 18.0 Å². The maximum atomic E-state index is 12.6. The predicted molar refractivity (Wildman–Crippen MR) is 107 cm³/mol. The Kier molecular flexibility index (Phi) is 5.77. The molecule has 1 fully saturated rings.